The highest BCUT2D eigenvalue weighted by Crippen LogP contribution is 2.28. The van der Waals surface area contributed by atoms with Gasteiger partial charge in [0.05, 0.1) is 18.8 Å². The molecular weight excluding hydrogens is 254 g/mol. The van der Waals surface area contributed by atoms with Gasteiger partial charge in [-0.1, -0.05) is 31.0 Å². The van der Waals surface area contributed by atoms with Crippen molar-refractivity contribution in [3.8, 4) is 5.75 Å². The molecule has 0 radical (unpaired) electrons. The Morgan fingerprint density at radius 3 is 2.90 bits per heavy atom. The molecule has 1 heterocycles. The highest BCUT2D eigenvalue weighted by molar-refractivity contribution is 5.78. The summed E-state index contributed by atoms with van der Waals surface area (Å²) >= 11 is 0. The molecule has 0 bridgehead atoms. The fourth-order valence-corrected chi connectivity index (χ4v) is 3.15. The van der Waals surface area contributed by atoms with E-state index in [0.717, 1.165) is 18.6 Å². The zero-order chi connectivity index (χ0) is 13.8. The number of hydrogen-bond acceptors (Lipinski definition) is 3. The summed E-state index contributed by atoms with van der Waals surface area (Å²) in [5, 5.41) is 0. The van der Waals surface area contributed by atoms with Gasteiger partial charge in [0.15, 0.2) is 6.61 Å². The molecule has 0 spiro atoms. The molecule has 1 aliphatic carbocycles. The molecule has 1 aromatic carbocycles. The first kappa shape index (κ1) is 13.4. The van der Waals surface area contributed by atoms with Gasteiger partial charge in [-0.05, 0) is 25.0 Å². The van der Waals surface area contributed by atoms with Crippen molar-refractivity contribution in [2.45, 2.75) is 37.8 Å². The molecule has 1 aliphatic heterocycles. The molecule has 1 amide bonds. The molecule has 1 saturated carbocycles. The maximum atomic E-state index is 12.4. The molecule has 4 nitrogen and oxygen atoms in total. The van der Waals surface area contributed by atoms with Gasteiger partial charge in [0.25, 0.3) is 5.91 Å². The lowest BCUT2D eigenvalue weighted by Crippen LogP contribution is -2.55. The minimum absolute atomic E-state index is 0.0778. The van der Waals surface area contributed by atoms with Crippen LogP contribution >= 0.6 is 0 Å². The molecular formula is C16H21NO3. The SMILES string of the molecule is O=C(COc1ccccc1)N1CCO[C@@H]2CCCC[C@H]21. The third kappa shape index (κ3) is 2.96. The number of benzene rings is 1. The van der Waals surface area contributed by atoms with Crippen molar-refractivity contribution in [3.63, 3.8) is 0 Å². The van der Waals surface area contributed by atoms with Crippen LogP contribution in [0.4, 0.5) is 0 Å². The third-order valence-corrected chi connectivity index (χ3v) is 4.16. The largest absolute Gasteiger partial charge is 0.484 e. The second kappa shape index (κ2) is 6.27. The predicted molar refractivity (Wildman–Crippen MR) is 75.6 cm³/mol. The number of nitrogens with zero attached hydrogens (tertiary/aromatic N) is 1. The quantitative estimate of drug-likeness (QED) is 0.849. The lowest BCUT2D eigenvalue weighted by molar-refractivity contribution is -0.151. The Balaban J connectivity index is 1.58. The summed E-state index contributed by atoms with van der Waals surface area (Å²) in [5.41, 5.74) is 0. The predicted octanol–water partition coefficient (Wildman–Crippen LogP) is 2.24. The molecule has 20 heavy (non-hydrogen) atoms. The molecule has 4 heteroatoms. The van der Waals surface area contributed by atoms with Gasteiger partial charge in [0.2, 0.25) is 0 Å². The first-order valence-corrected chi connectivity index (χ1v) is 7.43. The van der Waals surface area contributed by atoms with Gasteiger partial charge >= 0.3 is 0 Å². The van der Waals surface area contributed by atoms with Crippen LogP contribution in [0, 0.1) is 0 Å². The number of morpholine rings is 1. The van der Waals surface area contributed by atoms with Crippen molar-refractivity contribution in [2.75, 3.05) is 19.8 Å². The molecule has 2 aliphatic rings. The molecule has 3 rings (SSSR count). The molecule has 1 saturated heterocycles. The molecule has 0 unspecified atom stereocenters. The minimum atomic E-state index is 0.0778. The third-order valence-electron chi connectivity index (χ3n) is 4.16. The molecule has 0 aromatic heterocycles. The van der Waals surface area contributed by atoms with E-state index in [4.69, 9.17) is 9.47 Å². The van der Waals surface area contributed by atoms with Crippen LogP contribution in [0.3, 0.4) is 0 Å². The summed E-state index contributed by atoms with van der Waals surface area (Å²) in [5.74, 6) is 0.823. The Morgan fingerprint density at radius 2 is 2.05 bits per heavy atom. The van der Waals surface area contributed by atoms with Gasteiger partial charge in [-0.2, -0.15) is 0 Å². The maximum Gasteiger partial charge on any atom is 0.260 e. The number of amides is 1. The van der Waals surface area contributed by atoms with E-state index in [2.05, 4.69) is 0 Å². The Kier molecular flexibility index (Phi) is 4.21. The van der Waals surface area contributed by atoms with Crippen LogP contribution in [0.25, 0.3) is 0 Å². The van der Waals surface area contributed by atoms with E-state index in [1.807, 2.05) is 35.2 Å². The second-order valence-electron chi connectivity index (χ2n) is 5.45. The number of rotatable bonds is 3. The van der Waals surface area contributed by atoms with Gasteiger partial charge in [-0.25, -0.2) is 0 Å². The lowest BCUT2D eigenvalue weighted by Gasteiger charge is -2.43. The molecule has 2 atom stereocenters. The molecule has 2 fully saturated rings. The van der Waals surface area contributed by atoms with Crippen LogP contribution < -0.4 is 4.74 Å². The van der Waals surface area contributed by atoms with Gasteiger partial charge in [0.1, 0.15) is 5.75 Å². The van der Waals surface area contributed by atoms with Crippen molar-refractivity contribution < 1.29 is 14.3 Å². The first-order chi connectivity index (χ1) is 9.84. The summed E-state index contributed by atoms with van der Waals surface area (Å²) in [7, 11) is 0. The Hall–Kier alpha value is -1.55. The Bertz CT molecular complexity index is 446. The number of fused-ring (bicyclic) bond motifs is 1. The zero-order valence-electron chi connectivity index (χ0n) is 11.7. The summed E-state index contributed by atoms with van der Waals surface area (Å²) in [4.78, 5) is 14.3. The smallest absolute Gasteiger partial charge is 0.260 e. The van der Waals surface area contributed by atoms with Gasteiger partial charge < -0.3 is 14.4 Å². The van der Waals surface area contributed by atoms with Gasteiger partial charge in [-0.15, -0.1) is 0 Å². The average molecular weight is 275 g/mol. The van der Waals surface area contributed by atoms with E-state index in [-0.39, 0.29) is 24.7 Å². The van der Waals surface area contributed by atoms with Crippen LogP contribution in [0.5, 0.6) is 5.75 Å². The van der Waals surface area contributed by atoms with Crippen LogP contribution in [0.15, 0.2) is 30.3 Å². The van der Waals surface area contributed by atoms with E-state index in [0.29, 0.717) is 13.2 Å². The van der Waals surface area contributed by atoms with E-state index in [9.17, 15) is 4.79 Å². The van der Waals surface area contributed by atoms with Crippen molar-refractivity contribution in [2.24, 2.45) is 0 Å². The standard InChI is InChI=1S/C16H21NO3/c18-16(12-20-13-6-2-1-3-7-13)17-10-11-19-15-9-5-4-8-14(15)17/h1-3,6-7,14-15H,4-5,8-12H2/t14-,15-/m1/s1. The molecule has 0 N–H and O–H groups in total. The fourth-order valence-electron chi connectivity index (χ4n) is 3.15. The number of hydrogen-bond donors (Lipinski definition) is 0. The topological polar surface area (TPSA) is 38.8 Å². The van der Waals surface area contributed by atoms with E-state index >= 15 is 0 Å². The van der Waals surface area contributed by atoms with Crippen LogP contribution in [-0.2, 0) is 9.53 Å². The van der Waals surface area contributed by atoms with Crippen LogP contribution in [0.1, 0.15) is 25.7 Å². The Labute approximate surface area is 119 Å². The maximum absolute atomic E-state index is 12.4. The highest BCUT2D eigenvalue weighted by Gasteiger charge is 2.36. The first-order valence-electron chi connectivity index (χ1n) is 7.43. The highest BCUT2D eigenvalue weighted by atomic mass is 16.5. The van der Waals surface area contributed by atoms with Crippen LogP contribution in [-0.4, -0.2) is 42.7 Å². The van der Waals surface area contributed by atoms with Crippen molar-refractivity contribution in [1.29, 1.82) is 0 Å². The summed E-state index contributed by atoms with van der Waals surface area (Å²) in [6.45, 7) is 1.46. The summed E-state index contributed by atoms with van der Waals surface area (Å²) < 4.78 is 11.4. The second-order valence-corrected chi connectivity index (χ2v) is 5.45. The monoisotopic (exact) mass is 275 g/mol. The zero-order valence-corrected chi connectivity index (χ0v) is 11.7. The van der Waals surface area contributed by atoms with Crippen LogP contribution in [0.2, 0.25) is 0 Å². The number of carbonyl (C=O) groups is 1. The minimum Gasteiger partial charge on any atom is -0.484 e. The van der Waals surface area contributed by atoms with Crippen molar-refractivity contribution in [1.82, 2.24) is 4.90 Å². The number of para-hydroxylation sites is 1. The summed E-state index contributed by atoms with van der Waals surface area (Å²) in [6, 6.07) is 9.75. The number of ether oxygens (including phenoxy) is 2. The Morgan fingerprint density at radius 1 is 1.25 bits per heavy atom. The molecule has 1 aromatic rings. The van der Waals surface area contributed by atoms with Gasteiger partial charge in [0, 0.05) is 6.54 Å². The normalized spacial score (nSPS) is 25.9. The van der Waals surface area contributed by atoms with Crippen molar-refractivity contribution >= 4 is 5.91 Å². The van der Waals surface area contributed by atoms with E-state index in [1.54, 1.807) is 0 Å². The van der Waals surface area contributed by atoms with Crippen molar-refractivity contribution in [3.05, 3.63) is 30.3 Å². The fraction of sp³-hybridized carbons (Fsp3) is 0.562. The number of carbonyl (C=O) groups excluding carboxylic acids is 1. The molecule has 108 valence electrons. The van der Waals surface area contributed by atoms with Gasteiger partial charge in [-0.3, -0.25) is 4.79 Å². The summed E-state index contributed by atoms with van der Waals surface area (Å²) in [6.07, 6.45) is 4.77. The average Bonchev–Trinajstić information content (AvgIpc) is 2.53. The van der Waals surface area contributed by atoms with E-state index in [1.165, 1.54) is 12.8 Å². The van der Waals surface area contributed by atoms with E-state index < -0.39 is 0 Å². The lowest BCUT2D eigenvalue weighted by atomic mass is 9.90.